The van der Waals surface area contributed by atoms with Crippen molar-refractivity contribution in [2.75, 3.05) is 6.61 Å². The first-order valence-corrected chi connectivity index (χ1v) is 9.78. The highest BCUT2D eigenvalue weighted by molar-refractivity contribution is 6.30. The molecule has 0 saturated heterocycles. The number of carbonyl (C=O) groups is 1. The van der Waals surface area contributed by atoms with Crippen LogP contribution >= 0.6 is 11.6 Å². The lowest BCUT2D eigenvalue weighted by Gasteiger charge is -2.18. The van der Waals surface area contributed by atoms with E-state index in [-0.39, 0.29) is 12.2 Å². The van der Waals surface area contributed by atoms with Crippen molar-refractivity contribution in [1.82, 2.24) is 0 Å². The van der Waals surface area contributed by atoms with Crippen LogP contribution < -0.4 is 0 Å². The van der Waals surface area contributed by atoms with E-state index in [2.05, 4.69) is 6.58 Å². The fraction of sp³-hybridized carbons (Fsp3) is 0.120. The maximum absolute atomic E-state index is 12.5. The van der Waals surface area contributed by atoms with E-state index in [0.29, 0.717) is 5.02 Å². The average molecular weight is 404 g/mol. The Morgan fingerprint density at radius 3 is 1.93 bits per heavy atom. The molecule has 0 aliphatic carbocycles. The molecule has 3 nitrogen and oxygen atoms in total. The molecule has 146 valence electrons. The third-order valence-electron chi connectivity index (χ3n) is 4.41. The van der Waals surface area contributed by atoms with Crippen molar-refractivity contribution >= 4 is 23.3 Å². The van der Waals surface area contributed by atoms with E-state index in [9.17, 15) is 4.79 Å². The van der Waals surface area contributed by atoms with Crippen LogP contribution in [0.5, 0.6) is 0 Å². The van der Waals surface area contributed by atoms with Gasteiger partial charge in [-0.15, -0.1) is 0 Å². The molecule has 0 heterocycles. The van der Waals surface area contributed by atoms with E-state index in [1.165, 1.54) is 0 Å². The quantitative estimate of drug-likeness (QED) is 0.274. The van der Waals surface area contributed by atoms with Gasteiger partial charge in [0.2, 0.25) is 0 Å². The Kier molecular flexibility index (Phi) is 6.99. The van der Waals surface area contributed by atoms with Gasteiger partial charge in [-0.1, -0.05) is 91.0 Å². The first kappa shape index (κ1) is 20.6. The zero-order valence-corrected chi connectivity index (χ0v) is 17.0. The van der Waals surface area contributed by atoms with Crippen LogP contribution in [0.3, 0.4) is 0 Å². The Balaban J connectivity index is 2.15. The van der Waals surface area contributed by atoms with Crippen molar-refractivity contribution in [3.8, 4) is 0 Å². The van der Waals surface area contributed by atoms with Crippen molar-refractivity contribution in [2.45, 2.75) is 13.0 Å². The average Bonchev–Trinajstić information content (AvgIpc) is 2.76. The van der Waals surface area contributed by atoms with Gasteiger partial charge in [0, 0.05) is 16.1 Å². The number of rotatable bonds is 7. The summed E-state index contributed by atoms with van der Waals surface area (Å²) in [4.78, 5) is 17.5. The maximum atomic E-state index is 12.5. The van der Waals surface area contributed by atoms with Gasteiger partial charge in [0.25, 0.3) is 0 Å². The summed E-state index contributed by atoms with van der Waals surface area (Å²) in [6.45, 7) is 6.04. The fourth-order valence-corrected chi connectivity index (χ4v) is 3.10. The van der Waals surface area contributed by atoms with Gasteiger partial charge in [-0.3, -0.25) is 4.99 Å². The van der Waals surface area contributed by atoms with Crippen LogP contribution in [0.4, 0.5) is 0 Å². The van der Waals surface area contributed by atoms with Gasteiger partial charge >= 0.3 is 5.97 Å². The fourth-order valence-electron chi connectivity index (χ4n) is 2.97. The molecule has 0 bridgehead atoms. The molecule has 0 fully saturated rings. The topological polar surface area (TPSA) is 38.7 Å². The highest BCUT2D eigenvalue weighted by Gasteiger charge is 2.23. The molecule has 0 aliphatic rings. The van der Waals surface area contributed by atoms with E-state index in [4.69, 9.17) is 21.3 Å². The SMILES string of the molecule is C=C(C(=O)OCC)[C@H](N=C(c1ccccc1)c1ccccc1)c1ccc(Cl)cc1. The summed E-state index contributed by atoms with van der Waals surface area (Å²) in [5.74, 6) is -0.461. The van der Waals surface area contributed by atoms with Crippen LogP contribution in [0.1, 0.15) is 29.7 Å². The number of halogens is 1. The summed E-state index contributed by atoms with van der Waals surface area (Å²) in [6, 6.07) is 26.4. The molecule has 1 atom stereocenters. The molecule has 3 rings (SSSR count). The number of hydrogen-bond acceptors (Lipinski definition) is 3. The Labute approximate surface area is 176 Å². The van der Waals surface area contributed by atoms with Crippen molar-refractivity contribution in [2.24, 2.45) is 4.99 Å². The molecular weight excluding hydrogens is 382 g/mol. The Bertz CT molecular complexity index is 955. The summed E-state index contributed by atoms with van der Waals surface area (Å²) < 4.78 is 5.19. The summed E-state index contributed by atoms with van der Waals surface area (Å²) in [5, 5.41) is 0.615. The second kappa shape index (κ2) is 9.85. The van der Waals surface area contributed by atoms with Crippen molar-refractivity contribution < 1.29 is 9.53 Å². The van der Waals surface area contributed by atoms with Gasteiger partial charge in [-0.25, -0.2) is 4.79 Å². The summed E-state index contributed by atoms with van der Waals surface area (Å²) >= 11 is 6.06. The number of ether oxygens (including phenoxy) is 1. The second-order valence-corrected chi connectivity index (χ2v) is 6.85. The van der Waals surface area contributed by atoms with Crippen LogP contribution in [0.25, 0.3) is 0 Å². The minimum Gasteiger partial charge on any atom is -0.463 e. The molecule has 0 unspecified atom stereocenters. The number of benzene rings is 3. The summed E-state index contributed by atoms with van der Waals surface area (Å²) in [7, 11) is 0. The Hall–Kier alpha value is -3.17. The molecule has 0 aliphatic heterocycles. The Morgan fingerprint density at radius 1 is 0.931 bits per heavy atom. The number of nitrogens with zero attached hydrogens (tertiary/aromatic N) is 1. The van der Waals surface area contributed by atoms with E-state index in [0.717, 1.165) is 22.4 Å². The molecular formula is C25H22ClNO2. The normalized spacial score (nSPS) is 11.4. The standard InChI is InChI=1S/C25H22ClNO2/c1-3-29-25(28)18(2)23(21-14-16-22(26)17-15-21)27-24(19-10-6-4-7-11-19)20-12-8-5-9-13-20/h4-17,23H,2-3H2,1H3/t23-/m0/s1. The van der Waals surface area contributed by atoms with Gasteiger partial charge in [-0.05, 0) is 24.6 Å². The molecule has 0 spiro atoms. The van der Waals surface area contributed by atoms with Gasteiger partial charge in [-0.2, -0.15) is 0 Å². The smallest absolute Gasteiger partial charge is 0.335 e. The van der Waals surface area contributed by atoms with Crippen molar-refractivity contribution in [1.29, 1.82) is 0 Å². The minimum absolute atomic E-state index is 0.276. The molecule has 0 aromatic heterocycles. The third kappa shape index (κ3) is 5.21. The number of carbonyl (C=O) groups excluding carboxylic acids is 1. The monoisotopic (exact) mass is 403 g/mol. The van der Waals surface area contributed by atoms with Crippen LogP contribution in [-0.4, -0.2) is 18.3 Å². The second-order valence-electron chi connectivity index (χ2n) is 6.41. The van der Waals surface area contributed by atoms with Crippen LogP contribution in [0, 0.1) is 0 Å². The first-order valence-electron chi connectivity index (χ1n) is 9.40. The predicted octanol–water partition coefficient (Wildman–Crippen LogP) is 6.04. The molecule has 3 aromatic rings. The van der Waals surface area contributed by atoms with E-state index >= 15 is 0 Å². The first-order chi connectivity index (χ1) is 14.1. The van der Waals surface area contributed by atoms with Crippen molar-refractivity contribution in [3.05, 3.63) is 119 Å². The zero-order valence-electron chi connectivity index (χ0n) is 16.2. The highest BCUT2D eigenvalue weighted by Crippen LogP contribution is 2.29. The van der Waals surface area contributed by atoms with Crippen LogP contribution in [0.2, 0.25) is 5.02 Å². The van der Waals surface area contributed by atoms with Crippen LogP contribution in [-0.2, 0) is 9.53 Å². The molecule has 29 heavy (non-hydrogen) atoms. The largest absolute Gasteiger partial charge is 0.463 e. The molecule has 0 saturated carbocycles. The molecule has 0 radical (unpaired) electrons. The highest BCUT2D eigenvalue weighted by atomic mass is 35.5. The molecule has 3 aromatic carbocycles. The van der Waals surface area contributed by atoms with Gasteiger partial charge in [0.05, 0.1) is 17.9 Å². The lowest BCUT2D eigenvalue weighted by molar-refractivity contribution is -0.138. The minimum atomic E-state index is -0.596. The maximum Gasteiger partial charge on any atom is 0.335 e. The predicted molar refractivity (Wildman–Crippen MR) is 118 cm³/mol. The van der Waals surface area contributed by atoms with Gasteiger partial charge in [0.15, 0.2) is 0 Å². The lowest BCUT2D eigenvalue weighted by Crippen LogP contribution is -2.15. The number of aliphatic imine (C=N–C) groups is 1. The molecule has 0 N–H and O–H groups in total. The summed E-state index contributed by atoms with van der Waals surface area (Å²) in [5.41, 5.74) is 3.77. The number of esters is 1. The zero-order chi connectivity index (χ0) is 20.6. The Morgan fingerprint density at radius 2 is 1.45 bits per heavy atom. The van der Waals surface area contributed by atoms with E-state index in [1.54, 1.807) is 19.1 Å². The molecule has 4 heteroatoms. The van der Waals surface area contributed by atoms with E-state index in [1.807, 2.05) is 72.8 Å². The molecule has 0 amide bonds. The van der Waals surface area contributed by atoms with Gasteiger partial charge < -0.3 is 4.74 Å². The van der Waals surface area contributed by atoms with Crippen molar-refractivity contribution in [3.63, 3.8) is 0 Å². The van der Waals surface area contributed by atoms with Crippen LogP contribution in [0.15, 0.2) is 102 Å². The lowest BCUT2D eigenvalue weighted by atomic mass is 9.97. The third-order valence-corrected chi connectivity index (χ3v) is 4.66. The van der Waals surface area contributed by atoms with E-state index < -0.39 is 12.0 Å². The number of hydrogen-bond donors (Lipinski definition) is 0. The van der Waals surface area contributed by atoms with Gasteiger partial charge in [0.1, 0.15) is 6.04 Å². The summed E-state index contributed by atoms with van der Waals surface area (Å²) in [6.07, 6.45) is 0.